The normalized spacial score (nSPS) is 14.0. The van der Waals surface area contributed by atoms with E-state index in [4.69, 9.17) is 5.11 Å². The molecule has 152 valence electrons. The number of pyridine rings is 1. The fraction of sp³-hybridized carbons (Fsp3) is 0.318. The predicted octanol–water partition coefficient (Wildman–Crippen LogP) is 3.99. The van der Waals surface area contributed by atoms with E-state index in [0.29, 0.717) is 17.6 Å². The number of aliphatic hydroxyl groups is 1. The van der Waals surface area contributed by atoms with Crippen LogP contribution in [0.5, 0.6) is 0 Å². The second-order valence-electron chi connectivity index (χ2n) is 6.89. The van der Waals surface area contributed by atoms with Crippen molar-refractivity contribution in [3.63, 3.8) is 0 Å². The van der Waals surface area contributed by atoms with Gasteiger partial charge in [0.2, 0.25) is 11.5 Å². The maximum atomic E-state index is 14.4. The van der Waals surface area contributed by atoms with Crippen LogP contribution in [0.4, 0.5) is 10.3 Å². The first-order valence-corrected chi connectivity index (χ1v) is 9.72. The molecule has 1 fully saturated rings. The van der Waals surface area contributed by atoms with Crippen molar-refractivity contribution in [2.75, 3.05) is 12.4 Å². The van der Waals surface area contributed by atoms with E-state index in [1.165, 1.54) is 31.5 Å². The minimum atomic E-state index is -0.466. The molecule has 1 aliphatic carbocycles. The highest BCUT2D eigenvalue weighted by Gasteiger charge is 2.16. The number of aromatic nitrogens is 3. The van der Waals surface area contributed by atoms with Crippen molar-refractivity contribution >= 4 is 5.95 Å². The topological polar surface area (TPSA) is 90.9 Å². The van der Waals surface area contributed by atoms with Crippen molar-refractivity contribution < 1.29 is 9.50 Å². The first-order valence-electron chi connectivity index (χ1n) is 9.72. The second kappa shape index (κ2) is 9.93. The van der Waals surface area contributed by atoms with Gasteiger partial charge in [-0.05, 0) is 36.1 Å². The molecule has 2 aromatic heterocycles. The number of H-pyrrole nitrogens is 1. The van der Waals surface area contributed by atoms with E-state index < -0.39 is 5.82 Å². The quantitative estimate of drug-likeness (QED) is 0.620. The van der Waals surface area contributed by atoms with Crippen molar-refractivity contribution in [3.05, 3.63) is 65.0 Å². The molecule has 29 heavy (non-hydrogen) atoms. The summed E-state index contributed by atoms with van der Waals surface area (Å²) in [6.07, 6.45) is 8.66. The molecule has 4 rings (SSSR count). The number of anilines is 1. The minimum Gasteiger partial charge on any atom is -0.400 e. The lowest BCUT2D eigenvalue weighted by Crippen LogP contribution is -2.23. The van der Waals surface area contributed by atoms with E-state index in [2.05, 4.69) is 20.3 Å². The van der Waals surface area contributed by atoms with Crippen molar-refractivity contribution in [2.24, 2.45) is 0 Å². The Morgan fingerprint density at radius 3 is 2.55 bits per heavy atom. The zero-order chi connectivity index (χ0) is 20.6. The number of hydrogen-bond donors (Lipinski definition) is 3. The van der Waals surface area contributed by atoms with Crippen LogP contribution in [-0.2, 0) is 0 Å². The van der Waals surface area contributed by atoms with Gasteiger partial charge in [-0.3, -0.25) is 4.79 Å². The zero-order valence-corrected chi connectivity index (χ0v) is 16.4. The molecular weight excluding hydrogens is 371 g/mol. The first-order chi connectivity index (χ1) is 14.2. The van der Waals surface area contributed by atoms with Crippen LogP contribution < -0.4 is 10.9 Å². The van der Waals surface area contributed by atoms with E-state index in [-0.39, 0.29) is 11.3 Å². The average molecular weight is 396 g/mol. The molecule has 0 unspecified atom stereocenters. The Labute approximate surface area is 168 Å². The summed E-state index contributed by atoms with van der Waals surface area (Å²) < 4.78 is 14.4. The van der Waals surface area contributed by atoms with E-state index in [1.54, 1.807) is 6.20 Å². The van der Waals surface area contributed by atoms with Gasteiger partial charge in [0.1, 0.15) is 5.69 Å². The average Bonchev–Trinajstić information content (AvgIpc) is 2.77. The monoisotopic (exact) mass is 396 g/mol. The molecular formula is C22H25FN4O2. The molecule has 3 N–H and O–H groups in total. The van der Waals surface area contributed by atoms with Gasteiger partial charge in [-0.1, -0.05) is 37.5 Å². The van der Waals surface area contributed by atoms with Crippen molar-refractivity contribution in [3.8, 4) is 22.4 Å². The third kappa shape index (κ3) is 5.26. The van der Waals surface area contributed by atoms with Gasteiger partial charge in [-0.2, -0.15) is 0 Å². The summed E-state index contributed by atoms with van der Waals surface area (Å²) in [6, 6.07) is 11.1. The number of benzene rings is 1. The summed E-state index contributed by atoms with van der Waals surface area (Å²) in [4.78, 5) is 22.7. The predicted molar refractivity (Wildman–Crippen MR) is 112 cm³/mol. The van der Waals surface area contributed by atoms with Crippen LogP contribution in [0.15, 0.2) is 53.6 Å². The molecule has 0 spiro atoms. The van der Waals surface area contributed by atoms with E-state index >= 15 is 0 Å². The lowest BCUT2D eigenvalue weighted by molar-refractivity contribution is 0.399. The molecule has 0 bridgehead atoms. The van der Waals surface area contributed by atoms with Gasteiger partial charge in [0.05, 0.1) is 6.20 Å². The summed E-state index contributed by atoms with van der Waals surface area (Å²) in [5, 5.41) is 10.3. The fourth-order valence-electron chi connectivity index (χ4n) is 3.54. The molecule has 1 saturated carbocycles. The molecule has 0 saturated heterocycles. The fourth-order valence-corrected chi connectivity index (χ4v) is 3.54. The molecule has 0 radical (unpaired) electrons. The van der Waals surface area contributed by atoms with Gasteiger partial charge < -0.3 is 15.4 Å². The lowest BCUT2D eigenvalue weighted by Gasteiger charge is -2.22. The molecule has 1 aromatic carbocycles. The van der Waals surface area contributed by atoms with Crippen LogP contribution in [-0.4, -0.2) is 33.2 Å². The largest absolute Gasteiger partial charge is 0.400 e. The Morgan fingerprint density at radius 1 is 1.07 bits per heavy atom. The van der Waals surface area contributed by atoms with Crippen LogP contribution in [0.2, 0.25) is 0 Å². The summed E-state index contributed by atoms with van der Waals surface area (Å²) in [5.74, 6) is -0.00730. The minimum absolute atomic E-state index is 0.176. The molecule has 3 aromatic rings. The Morgan fingerprint density at radius 2 is 1.79 bits per heavy atom. The van der Waals surface area contributed by atoms with Gasteiger partial charge in [-0.15, -0.1) is 0 Å². The third-order valence-electron chi connectivity index (χ3n) is 4.93. The molecule has 0 aliphatic heterocycles. The SMILES string of the molecule is CO.O=c1cc(-c2cccc(-c3nc(NC4CCCCC4)ncc3F)c2)cc[nH]1. The maximum Gasteiger partial charge on any atom is 0.248 e. The highest BCUT2D eigenvalue weighted by atomic mass is 19.1. The number of rotatable bonds is 4. The van der Waals surface area contributed by atoms with Gasteiger partial charge in [0.15, 0.2) is 5.82 Å². The number of nitrogens with zero attached hydrogens (tertiary/aromatic N) is 2. The van der Waals surface area contributed by atoms with Gasteiger partial charge in [-0.25, -0.2) is 14.4 Å². The van der Waals surface area contributed by atoms with Crippen LogP contribution >= 0.6 is 0 Å². The molecule has 1 aliphatic rings. The van der Waals surface area contributed by atoms with E-state index in [0.717, 1.165) is 31.1 Å². The van der Waals surface area contributed by atoms with Gasteiger partial charge in [0.25, 0.3) is 0 Å². The molecule has 6 nitrogen and oxygen atoms in total. The molecule has 2 heterocycles. The summed E-state index contributed by atoms with van der Waals surface area (Å²) >= 11 is 0. The number of hydrogen-bond acceptors (Lipinski definition) is 5. The summed E-state index contributed by atoms with van der Waals surface area (Å²) in [5.41, 5.74) is 2.34. The Hall–Kier alpha value is -3.06. The lowest BCUT2D eigenvalue weighted by atomic mass is 9.96. The van der Waals surface area contributed by atoms with Gasteiger partial charge in [0, 0.05) is 31.0 Å². The van der Waals surface area contributed by atoms with Crippen LogP contribution in [0.3, 0.4) is 0 Å². The van der Waals surface area contributed by atoms with Crippen molar-refractivity contribution in [1.82, 2.24) is 15.0 Å². The standard InChI is InChI=1S/C21H21FN4O.CH4O/c22-18-13-24-21(25-17-7-2-1-3-8-17)26-20(18)16-6-4-5-14(11-16)15-9-10-23-19(27)12-15;1-2/h4-6,9-13,17H,1-3,7-8H2,(H,23,27)(H,24,25,26);2H,1H3. The van der Waals surface area contributed by atoms with Crippen molar-refractivity contribution in [2.45, 2.75) is 38.1 Å². The Kier molecular flexibility index (Phi) is 7.08. The van der Waals surface area contributed by atoms with Crippen LogP contribution in [0, 0.1) is 5.82 Å². The molecule has 0 amide bonds. The van der Waals surface area contributed by atoms with Gasteiger partial charge >= 0.3 is 0 Å². The maximum absolute atomic E-state index is 14.4. The number of halogens is 1. The van der Waals surface area contributed by atoms with E-state index in [1.807, 2.05) is 30.3 Å². The van der Waals surface area contributed by atoms with Crippen LogP contribution in [0.1, 0.15) is 32.1 Å². The summed E-state index contributed by atoms with van der Waals surface area (Å²) in [7, 11) is 1.00. The zero-order valence-electron chi connectivity index (χ0n) is 16.4. The van der Waals surface area contributed by atoms with E-state index in [9.17, 15) is 9.18 Å². The summed E-state index contributed by atoms with van der Waals surface area (Å²) in [6.45, 7) is 0. The number of aromatic amines is 1. The second-order valence-corrected chi connectivity index (χ2v) is 6.89. The first kappa shape index (κ1) is 20.7. The van der Waals surface area contributed by atoms with Crippen LogP contribution in [0.25, 0.3) is 22.4 Å². The third-order valence-corrected chi connectivity index (χ3v) is 4.93. The smallest absolute Gasteiger partial charge is 0.248 e. The molecule has 0 atom stereocenters. The Balaban J connectivity index is 0.00000117. The number of aliphatic hydroxyl groups excluding tert-OH is 1. The highest BCUT2D eigenvalue weighted by molar-refractivity contribution is 5.71. The highest BCUT2D eigenvalue weighted by Crippen LogP contribution is 2.27. The Bertz CT molecular complexity index is 1000. The van der Waals surface area contributed by atoms with Crippen molar-refractivity contribution in [1.29, 1.82) is 0 Å². The number of nitrogens with one attached hydrogen (secondary N) is 2. The molecule has 7 heteroatoms.